The van der Waals surface area contributed by atoms with Crippen LogP contribution in [-0.4, -0.2) is 64.2 Å². The first kappa shape index (κ1) is 21.0. The van der Waals surface area contributed by atoms with Crippen LogP contribution in [0.3, 0.4) is 0 Å². The Morgan fingerprint density at radius 2 is 2.16 bits per heavy atom. The van der Waals surface area contributed by atoms with Crippen molar-refractivity contribution in [1.29, 1.82) is 5.41 Å². The van der Waals surface area contributed by atoms with Crippen molar-refractivity contribution in [3.05, 3.63) is 30.1 Å². The number of alkyl halides is 3. The van der Waals surface area contributed by atoms with Crippen molar-refractivity contribution in [3.63, 3.8) is 0 Å². The molecule has 1 aliphatic heterocycles. The summed E-state index contributed by atoms with van der Waals surface area (Å²) in [5.74, 6) is 0.607. The van der Waals surface area contributed by atoms with Crippen LogP contribution in [0.15, 0.2) is 24.5 Å². The number of fused-ring (bicyclic) bond motifs is 1. The first-order chi connectivity index (χ1) is 14.8. The SMILES string of the molecule is CC(Nc1nc(-c2ccnc3[nH]ccc23)nc(N2CCOC[C@H]2C)c1C=N)C(F)(F)F. The van der Waals surface area contributed by atoms with Gasteiger partial charge in [-0.05, 0) is 26.0 Å². The Labute approximate surface area is 176 Å². The molecule has 0 radical (unpaired) electrons. The fourth-order valence-corrected chi connectivity index (χ4v) is 3.52. The minimum Gasteiger partial charge on any atom is -0.377 e. The number of nitrogens with one attached hydrogen (secondary N) is 3. The van der Waals surface area contributed by atoms with Gasteiger partial charge in [-0.2, -0.15) is 13.2 Å². The van der Waals surface area contributed by atoms with Crippen LogP contribution in [0, 0.1) is 5.41 Å². The maximum atomic E-state index is 13.3. The molecule has 3 aromatic heterocycles. The summed E-state index contributed by atoms with van der Waals surface area (Å²) in [6.07, 6.45) is -0.167. The highest BCUT2D eigenvalue weighted by Crippen LogP contribution is 2.33. The Morgan fingerprint density at radius 3 is 2.87 bits per heavy atom. The molecule has 0 amide bonds. The van der Waals surface area contributed by atoms with Crippen LogP contribution in [0.1, 0.15) is 19.4 Å². The van der Waals surface area contributed by atoms with Gasteiger partial charge in [0.2, 0.25) is 0 Å². The van der Waals surface area contributed by atoms with Gasteiger partial charge in [0.15, 0.2) is 5.82 Å². The van der Waals surface area contributed by atoms with Crippen molar-refractivity contribution in [2.75, 3.05) is 30.0 Å². The highest BCUT2D eigenvalue weighted by Gasteiger charge is 2.37. The summed E-state index contributed by atoms with van der Waals surface area (Å²) in [6.45, 7) is 4.37. The van der Waals surface area contributed by atoms with Crippen LogP contribution in [0.2, 0.25) is 0 Å². The second-order valence-corrected chi connectivity index (χ2v) is 7.40. The zero-order valence-corrected chi connectivity index (χ0v) is 17.0. The predicted octanol–water partition coefficient (Wildman–Crippen LogP) is 3.61. The first-order valence-electron chi connectivity index (χ1n) is 9.82. The first-order valence-corrected chi connectivity index (χ1v) is 9.82. The molecule has 164 valence electrons. The molecule has 0 aliphatic carbocycles. The number of H-pyrrole nitrogens is 1. The van der Waals surface area contributed by atoms with E-state index in [1.807, 2.05) is 17.9 Å². The molecule has 1 saturated heterocycles. The summed E-state index contributed by atoms with van der Waals surface area (Å²) in [5, 5.41) is 11.1. The lowest BCUT2D eigenvalue weighted by Crippen LogP contribution is -2.45. The molecule has 1 aliphatic rings. The van der Waals surface area contributed by atoms with Crippen molar-refractivity contribution in [3.8, 4) is 11.4 Å². The number of hydrogen-bond acceptors (Lipinski definition) is 7. The second-order valence-electron chi connectivity index (χ2n) is 7.40. The third kappa shape index (κ3) is 4.05. The van der Waals surface area contributed by atoms with Crippen LogP contribution < -0.4 is 10.2 Å². The van der Waals surface area contributed by atoms with Crippen molar-refractivity contribution in [2.45, 2.75) is 32.1 Å². The van der Waals surface area contributed by atoms with Crippen LogP contribution >= 0.6 is 0 Å². The van der Waals surface area contributed by atoms with Gasteiger partial charge in [-0.25, -0.2) is 15.0 Å². The number of aromatic amines is 1. The largest absolute Gasteiger partial charge is 0.408 e. The molecule has 11 heteroatoms. The zero-order chi connectivity index (χ0) is 22.2. The molecular formula is C20H22F3N7O. The topological polar surface area (TPSA) is 103 Å². The van der Waals surface area contributed by atoms with E-state index < -0.39 is 12.2 Å². The number of rotatable bonds is 5. The quantitative estimate of drug-likeness (QED) is 0.532. The molecule has 0 spiro atoms. The van der Waals surface area contributed by atoms with Gasteiger partial charge in [-0.15, -0.1) is 0 Å². The molecule has 1 fully saturated rings. The summed E-state index contributed by atoms with van der Waals surface area (Å²) in [7, 11) is 0. The number of halogens is 3. The van der Waals surface area contributed by atoms with Crippen molar-refractivity contribution < 1.29 is 17.9 Å². The van der Waals surface area contributed by atoms with E-state index in [9.17, 15) is 13.2 Å². The smallest absolute Gasteiger partial charge is 0.377 e. The molecule has 0 aromatic carbocycles. The Morgan fingerprint density at radius 1 is 1.35 bits per heavy atom. The number of anilines is 2. The van der Waals surface area contributed by atoms with Gasteiger partial charge in [0.25, 0.3) is 0 Å². The molecule has 0 saturated carbocycles. The van der Waals surface area contributed by atoms with E-state index in [0.29, 0.717) is 36.8 Å². The van der Waals surface area contributed by atoms with Gasteiger partial charge in [-0.3, -0.25) is 0 Å². The summed E-state index contributed by atoms with van der Waals surface area (Å²) in [4.78, 5) is 18.3. The van der Waals surface area contributed by atoms with Gasteiger partial charge < -0.3 is 25.3 Å². The average molecular weight is 433 g/mol. The van der Waals surface area contributed by atoms with Crippen molar-refractivity contribution >= 4 is 28.9 Å². The fourth-order valence-electron chi connectivity index (χ4n) is 3.52. The third-order valence-corrected chi connectivity index (χ3v) is 5.25. The molecule has 8 nitrogen and oxygen atoms in total. The molecule has 4 heterocycles. The second kappa shape index (κ2) is 8.14. The average Bonchev–Trinajstić information content (AvgIpc) is 3.22. The molecule has 3 N–H and O–H groups in total. The van der Waals surface area contributed by atoms with E-state index in [1.165, 1.54) is 0 Å². The maximum Gasteiger partial charge on any atom is 0.408 e. The standard InChI is InChI=1S/C20H22F3N7O/c1-11-10-31-8-7-30(11)19-15(9-24)18(27-12(2)20(21,22)23)28-17(29-19)14-4-6-26-16-13(14)3-5-25-16/h3-6,9,11-12,24H,7-8,10H2,1-2H3,(H,25,26)(H,27,28,29)/t11-,12?/m1/s1. The minimum atomic E-state index is -4.47. The van der Waals surface area contributed by atoms with Crippen LogP contribution in [0.5, 0.6) is 0 Å². The summed E-state index contributed by atoms with van der Waals surface area (Å²) in [6, 6.07) is 1.62. The van der Waals surface area contributed by atoms with E-state index in [-0.39, 0.29) is 23.2 Å². The molecule has 3 aromatic rings. The lowest BCUT2D eigenvalue weighted by molar-refractivity contribution is -0.138. The normalized spacial score (nSPS) is 18.2. The van der Waals surface area contributed by atoms with Crippen LogP contribution in [0.4, 0.5) is 24.8 Å². The fraction of sp³-hybridized carbons (Fsp3) is 0.400. The number of ether oxygens (including phenoxy) is 1. The monoisotopic (exact) mass is 433 g/mol. The Kier molecular flexibility index (Phi) is 5.52. The number of pyridine rings is 1. The van der Waals surface area contributed by atoms with Gasteiger partial charge >= 0.3 is 6.18 Å². The summed E-state index contributed by atoms with van der Waals surface area (Å²) >= 11 is 0. The highest BCUT2D eigenvalue weighted by atomic mass is 19.4. The van der Waals surface area contributed by atoms with Crippen molar-refractivity contribution in [1.82, 2.24) is 19.9 Å². The third-order valence-electron chi connectivity index (χ3n) is 5.25. The lowest BCUT2D eigenvalue weighted by atomic mass is 10.1. The summed E-state index contributed by atoms with van der Waals surface area (Å²) in [5.41, 5.74) is 1.46. The molecule has 2 atom stereocenters. The number of nitrogens with zero attached hydrogens (tertiary/aromatic N) is 4. The van der Waals surface area contributed by atoms with Gasteiger partial charge in [0.05, 0.1) is 24.8 Å². The van der Waals surface area contributed by atoms with E-state index >= 15 is 0 Å². The van der Waals surface area contributed by atoms with E-state index in [2.05, 4.69) is 20.3 Å². The number of morpholine rings is 1. The number of aromatic nitrogens is 4. The maximum absolute atomic E-state index is 13.3. The molecule has 0 bridgehead atoms. The highest BCUT2D eigenvalue weighted by molar-refractivity contribution is 5.95. The minimum absolute atomic E-state index is 0.0426. The Hall–Kier alpha value is -3.21. The Balaban J connectivity index is 1.91. The summed E-state index contributed by atoms with van der Waals surface area (Å²) < 4.78 is 45.3. The van der Waals surface area contributed by atoms with Gasteiger partial charge in [-0.1, -0.05) is 0 Å². The van der Waals surface area contributed by atoms with Crippen molar-refractivity contribution in [2.24, 2.45) is 0 Å². The molecular weight excluding hydrogens is 411 g/mol. The predicted molar refractivity (Wildman–Crippen MR) is 112 cm³/mol. The number of hydrogen-bond donors (Lipinski definition) is 3. The lowest BCUT2D eigenvalue weighted by Gasteiger charge is -2.35. The zero-order valence-electron chi connectivity index (χ0n) is 17.0. The van der Waals surface area contributed by atoms with E-state index in [1.54, 1.807) is 18.5 Å². The van der Waals surface area contributed by atoms with Crippen LogP contribution in [-0.2, 0) is 4.74 Å². The van der Waals surface area contributed by atoms with E-state index in [4.69, 9.17) is 15.1 Å². The Bertz CT molecular complexity index is 1100. The molecule has 31 heavy (non-hydrogen) atoms. The van der Waals surface area contributed by atoms with Crippen LogP contribution in [0.25, 0.3) is 22.4 Å². The van der Waals surface area contributed by atoms with Gasteiger partial charge in [0.1, 0.15) is 23.3 Å². The van der Waals surface area contributed by atoms with E-state index in [0.717, 1.165) is 18.5 Å². The van der Waals surface area contributed by atoms with Gasteiger partial charge in [0, 0.05) is 36.1 Å². The molecule has 4 rings (SSSR count). The molecule has 1 unspecified atom stereocenters.